The molecule has 2 aromatic rings. The van der Waals surface area contributed by atoms with Gasteiger partial charge in [0.25, 0.3) is 5.91 Å². The Hall–Kier alpha value is -1.70. The van der Waals surface area contributed by atoms with Gasteiger partial charge >= 0.3 is 0 Å². The standard InChI is InChI=1S/C16H20N2O3S2/c1-12(15-6-5-11-22-15)18(4)16(19)13-7-9-14(10-8-13)23(20,21)17(2)3/h5-12H,1-4H3/t12-/m0/s1. The van der Waals surface area contributed by atoms with Crippen molar-refractivity contribution in [1.82, 2.24) is 9.21 Å². The summed E-state index contributed by atoms with van der Waals surface area (Å²) in [6.45, 7) is 1.97. The monoisotopic (exact) mass is 352 g/mol. The van der Waals surface area contributed by atoms with Crippen LogP contribution in [0.1, 0.15) is 28.2 Å². The van der Waals surface area contributed by atoms with Crippen LogP contribution in [0.2, 0.25) is 0 Å². The lowest BCUT2D eigenvalue weighted by Crippen LogP contribution is -2.29. The molecule has 1 atom stereocenters. The second-order valence-corrected chi connectivity index (χ2v) is 8.55. The Kier molecular flexibility index (Phi) is 5.23. The van der Waals surface area contributed by atoms with Crippen molar-refractivity contribution in [3.8, 4) is 0 Å². The topological polar surface area (TPSA) is 57.7 Å². The van der Waals surface area contributed by atoms with E-state index in [1.54, 1.807) is 35.4 Å². The summed E-state index contributed by atoms with van der Waals surface area (Å²) in [5, 5.41) is 1.98. The molecule has 0 saturated carbocycles. The summed E-state index contributed by atoms with van der Waals surface area (Å²) in [7, 11) is 1.22. The smallest absolute Gasteiger partial charge is 0.254 e. The van der Waals surface area contributed by atoms with Crippen molar-refractivity contribution in [2.24, 2.45) is 0 Å². The van der Waals surface area contributed by atoms with E-state index in [2.05, 4.69) is 0 Å². The molecule has 23 heavy (non-hydrogen) atoms. The maximum Gasteiger partial charge on any atom is 0.254 e. The molecule has 0 bridgehead atoms. The van der Waals surface area contributed by atoms with Crippen LogP contribution in [0, 0.1) is 0 Å². The molecule has 0 spiro atoms. The molecule has 0 saturated heterocycles. The molecule has 1 heterocycles. The van der Waals surface area contributed by atoms with Crippen molar-refractivity contribution in [2.45, 2.75) is 17.9 Å². The molecule has 2 rings (SSSR count). The van der Waals surface area contributed by atoms with Gasteiger partial charge in [-0.2, -0.15) is 0 Å². The third kappa shape index (κ3) is 3.63. The lowest BCUT2D eigenvalue weighted by Gasteiger charge is -2.24. The largest absolute Gasteiger partial charge is 0.334 e. The molecule has 1 aromatic heterocycles. The normalized spacial score (nSPS) is 13.1. The van der Waals surface area contributed by atoms with E-state index >= 15 is 0 Å². The molecular weight excluding hydrogens is 332 g/mol. The lowest BCUT2D eigenvalue weighted by atomic mass is 10.1. The van der Waals surface area contributed by atoms with Crippen LogP contribution in [0.4, 0.5) is 0 Å². The summed E-state index contributed by atoms with van der Waals surface area (Å²) in [5.74, 6) is -0.139. The predicted octanol–water partition coefficient (Wildman–Crippen LogP) is 2.83. The molecule has 1 amide bonds. The van der Waals surface area contributed by atoms with E-state index in [0.717, 1.165) is 9.18 Å². The van der Waals surface area contributed by atoms with Gasteiger partial charge < -0.3 is 4.90 Å². The zero-order chi connectivity index (χ0) is 17.2. The second kappa shape index (κ2) is 6.82. The van der Waals surface area contributed by atoms with Crippen LogP contribution in [0.25, 0.3) is 0 Å². The van der Waals surface area contributed by atoms with Crippen LogP contribution in [0.15, 0.2) is 46.7 Å². The Morgan fingerprint density at radius 2 is 1.70 bits per heavy atom. The quantitative estimate of drug-likeness (QED) is 0.831. The molecule has 0 radical (unpaired) electrons. The highest BCUT2D eigenvalue weighted by molar-refractivity contribution is 7.89. The number of nitrogens with zero attached hydrogens (tertiary/aromatic N) is 2. The molecule has 0 fully saturated rings. The zero-order valence-electron chi connectivity index (χ0n) is 13.6. The highest BCUT2D eigenvalue weighted by Crippen LogP contribution is 2.25. The van der Waals surface area contributed by atoms with Crippen LogP contribution in [0.3, 0.4) is 0 Å². The first-order valence-electron chi connectivity index (χ1n) is 7.08. The summed E-state index contributed by atoms with van der Waals surface area (Å²) in [6, 6.07) is 9.94. The van der Waals surface area contributed by atoms with Gasteiger partial charge in [-0.25, -0.2) is 12.7 Å². The van der Waals surface area contributed by atoms with E-state index in [1.807, 2.05) is 24.4 Å². The Morgan fingerprint density at radius 3 is 2.17 bits per heavy atom. The Balaban J connectivity index is 2.21. The zero-order valence-corrected chi connectivity index (χ0v) is 15.2. The first kappa shape index (κ1) is 17.7. The van der Waals surface area contributed by atoms with Crippen LogP contribution >= 0.6 is 11.3 Å². The molecule has 0 N–H and O–H groups in total. The first-order chi connectivity index (χ1) is 10.7. The highest BCUT2D eigenvalue weighted by atomic mass is 32.2. The third-order valence-electron chi connectivity index (χ3n) is 3.74. The summed E-state index contributed by atoms with van der Waals surface area (Å²) < 4.78 is 25.2. The van der Waals surface area contributed by atoms with E-state index < -0.39 is 10.0 Å². The van der Waals surface area contributed by atoms with Gasteiger partial charge in [-0.3, -0.25) is 4.79 Å². The molecule has 5 nitrogen and oxygen atoms in total. The minimum absolute atomic E-state index is 0.0346. The number of carbonyl (C=O) groups excluding carboxylic acids is 1. The third-order valence-corrected chi connectivity index (χ3v) is 6.61. The molecule has 0 unspecified atom stereocenters. The van der Waals surface area contributed by atoms with Crippen LogP contribution in [-0.4, -0.2) is 44.7 Å². The molecule has 0 aliphatic carbocycles. The summed E-state index contributed by atoms with van der Waals surface area (Å²) >= 11 is 1.60. The van der Waals surface area contributed by atoms with Crippen LogP contribution in [0.5, 0.6) is 0 Å². The predicted molar refractivity (Wildman–Crippen MR) is 92.1 cm³/mol. The molecule has 124 valence electrons. The van der Waals surface area contributed by atoms with Gasteiger partial charge in [-0.15, -0.1) is 11.3 Å². The average Bonchev–Trinajstić information content (AvgIpc) is 3.07. The molecule has 1 aromatic carbocycles. The Morgan fingerprint density at radius 1 is 1.09 bits per heavy atom. The van der Waals surface area contributed by atoms with Gasteiger partial charge in [0.1, 0.15) is 0 Å². The van der Waals surface area contributed by atoms with Crippen LogP contribution in [-0.2, 0) is 10.0 Å². The Bertz CT molecular complexity index is 766. The van der Waals surface area contributed by atoms with Gasteiger partial charge in [0, 0.05) is 31.6 Å². The van der Waals surface area contributed by atoms with Gasteiger partial charge in [-0.05, 0) is 42.6 Å². The SMILES string of the molecule is C[C@@H](c1cccs1)N(C)C(=O)c1ccc(S(=O)(=O)N(C)C)cc1. The highest BCUT2D eigenvalue weighted by Gasteiger charge is 2.21. The lowest BCUT2D eigenvalue weighted by molar-refractivity contribution is 0.0745. The minimum Gasteiger partial charge on any atom is -0.334 e. The van der Waals surface area contributed by atoms with Crippen molar-refractivity contribution in [3.05, 3.63) is 52.2 Å². The fourth-order valence-corrected chi connectivity index (χ4v) is 3.81. The van der Waals surface area contributed by atoms with Gasteiger partial charge in [0.05, 0.1) is 10.9 Å². The van der Waals surface area contributed by atoms with E-state index in [-0.39, 0.29) is 16.8 Å². The van der Waals surface area contributed by atoms with E-state index in [0.29, 0.717) is 5.56 Å². The molecule has 0 aliphatic rings. The number of amides is 1. The van der Waals surface area contributed by atoms with E-state index in [4.69, 9.17) is 0 Å². The Labute approximate surface area is 141 Å². The fourth-order valence-electron chi connectivity index (χ4n) is 2.08. The minimum atomic E-state index is -3.48. The van der Waals surface area contributed by atoms with Crippen molar-refractivity contribution >= 4 is 27.3 Å². The van der Waals surface area contributed by atoms with Gasteiger partial charge in [0.2, 0.25) is 10.0 Å². The van der Waals surface area contributed by atoms with Crippen molar-refractivity contribution in [1.29, 1.82) is 0 Å². The summed E-state index contributed by atoms with van der Waals surface area (Å²) in [6.07, 6.45) is 0. The summed E-state index contributed by atoms with van der Waals surface area (Å²) in [5.41, 5.74) is 0.466. The maximum absolute atomic E-state index is 12.5. The van der Waals surface area contributed by atoms with Crippen LogP contribution < -0.4 is 0 Å². The first-order valence-corrected chi connectivity index (χ1v) is 9.40. The molecular formula is C16H20N2O3S2. The van der Waals surface area contributed by atoms with Crippen molar-refractivity contribution in [3.63, 3.8) is 0 Å². The summed E-state index contributed by atoms with van der Waals surface area (Å²) in [4.78, 5) is 15.5. The fraction of sp³-hybridized carbons (Fsp3) is 0.312. The number of rotatable bonds is 5. The molecule has 0 aliphatic heterocycles. The second-order valence-electron chi connectivity index (χ2n) is 5.42. The molecule has 7 heteroatoms. The number of hydrogen-bond acceptors (Lipinski definition) is 4. The number of sulfonamides is 1. The number of carbonyl (C=O) groups is 1. The van der Waals surface area contributed by atoms with E-state index in [1.165, 1.54) is 26.2 Å². The average molecular weight is 352 g/mol. The van der Waals surface area contributed by atoms with Gasteiger partial charge in [0.15, 0.2) is 0 Å². The van der Waals surface area contributed by atoms with Crippen molar-refractivity contribution in [2.75, 3.05) is 21.1 Å². The van der Waals surface area contributed by atoms with E-state index in [9.17, 15) is 13.2 Å². The number of benzene rings is 1. The van der Waals surface area contributed by atoms with Crippen molar-refractivity contribution < 1.29 is 13.2 Å². The number of hydrogen-bond donors (Lipinski definition) is 0. The maximum atomic E-state index is 12.5. The number of thiophene rings is 1. The van der Waals surface area contributed by atoms with Gasteiger partial charge in [-0.1, -0.05) is 6.07 Å².